The molecule has 4 heterocycles. The highest BCUT2D eigenvalue weighted by Gasteiger charge is 2.44. The lowest BCUT2D eigenvalue weighted by Crippen LogP contribution is -2.49. The highest BCUT2D eigenvalue weighted by Crippen LogP contribution is 2.38. The first kappa shape index (κ1) is 51.3. The Labute approximate surface area is 367 Å². The molecule has 56 heavy (non-hydrogen) atoms. The topological polar surface area (TPSA) is 190 Å². The number of hydrogen-bond acceptors (Lipinski definition) is 12. The predicted molar refractivity (Wildman–Crippen MR) is 233 cm³/mol. The van der Waals surface area contributed by atoms with Crippen LogP contribution in [0.3, 0.4) is 0 Å². The van der Waals surface area contributed by atoms with Gasteiger partial charge in [-0.1, -0.05) is 15.9 Å². The number of nitrogens with two attached hydrogens (primary N) is 2. The molecule has 4 N–H and O–H groups in total. The Kier molecular flexibility index (Phi) is 21.7. The number of rotatable bonds is 7. The highest BCUT2D eigenvalue weighted by molar-refractivity contribution is 9.10. The van der Waals surface area contributed by atoms with Crippen LogP contribution in [0.4, 0.5) is 21.2 Å². The summed E-state index contributed by atoms with van der Waals surface area (Å²) in [6, 6.07) is 3.82. The maximum absolute atomic E-state index is 12.8. The molecule has 2 fully saturated rings. The molecule has 0 unspecified atom stereocenters. The molecule has 4 rings (SSSR count). The SMILES string of the molecule is Br.CCOC(=O)C1(Cc2cc(Br)cnc2N)CCN(C(=O)OC(C)(C)C)CC1.CCOC(=O)C1CCN(C(=O)OC(C)(C)C)CC1.Nc1ncc(Br)cc1CBr. The fraction of sp³-hybridized carbons (Fsp3) is 0.632. The summed E-state index contributed by atoms with van der Waals surface area (Å²) in [7, 11) is 0. The molecule has 18 heteroatoms. The number of piperidine rings is 2. The first-order valence-electron chi connectivity index (χ1n) is 18.3. The number of aromatic nitrogens is 2. The summed E-state index contributed by atoms with van der Waals surface area (Å²) in [4.78, 5) is 59.9. The minimum absolute atomic E-state index is 0. The van der Waals surface area contributed by atoms with E-state index < -0.39 is 16.6 Å². The van der Waals surface area contributed by atoms with Crippen LogP contribution in [0.2, 0.25) is 0 Å². The van der Waals surface area contributed by atoms with Crippen molar-refractivity contribution in [2.24, 2.45) is 11.3 Å². The Morgan fingerprint density at radius 2 is 1.20 bits per heavy atom. The number of carbonyl (C=O) groups is 4. The van der Waals surface area contributed by atoms with Gasteiger partial charge in [0.25, 0.3) is 0 Å². The molecule has 2 aliphatic rings. The number of nitrogen functional groups attached to an aromatic ring is 2. The number of amides is 2. The van der Waals surface area contributed by atoms with Gasteiger partial charge in [0, 0.05) is 58.4 Å². The molecule has 316 valence electrons. The Morgan fingerprint density at radius 1 is 0.768 bits per heavy atom. The van der Waals surface area contributed by atoms with E-state index in [9.17, 15) is 19.2 Å². The fourth-order valence-electron chi connectivity index (χ4n) is 5.66. The molecule has 0 aliphatic carbocycles. The molecular formula is C38H58Br4N6O8. The van der Waals surface area contributed by atoms with Gasteiger partial charge in [-0.15, -0.1) is 17.0 Å². The predicted octanol–water partition coefficient (Wildman–Crippen LogP) is 8.64. The third-order valence-corrected chi connectivity index (χ3v) is 9.93. The summed E-state index contributed by atoms with van der Waals surface area (Å²) < 4.78 is 22.8. The Bertz CT molecular complexity index is 1590. The van der Waals surface area contributed by atoms with Crippen LogP contribution in [0.5, 0.6) is 0 Å². The first-order valence-corrected chi connectivity index (χ1v) is 21.0. The van der Waals surface area contributed by atoms with E-state index >= 15 is 0 Å². The zero-order chi connectivity index (χ0) is 41.6. The van der Waals surface area contributed by atoms with Crippen molar-refractivity contribution >= 4 is 101 Å². The lowest BCUT2D eigenvalue weighted by atomic mass is 9.74. The molecule has 0 saturated carbocycles. The van der Waals surface area contributed by atoms with Gasteiger partial charge in [0.15, 0.2) is 0 Å². The van der Waals surface area contributed by atoms with E-state index in [0.717, 1.165) is 25.4 Å². The van der Waals surface area contributed by atoms with E-state index in [4.69, 9.17) is 30.4 Å². The molecule has 2 aliphatic heterocycles. The summed E-state index contributed by atoms with van der Waals surface area (Å²) in [5.74, 6) is 0.495. The molecule has 2 saturated heterocycles. The monoisotopic (exact) mass is 1040 g/mol. The van der Waals surface area contributed by atoms with Gasteiger partial charge in [-0.25, -0.2) is 19.6 Å². The van der Waals surface area contributed by atoms with Crippen LogP contribution in [0, 0.1) is 11.3 Å². The minimum Gasteiger partial charge on any atom is -0.466 e. The third-order valence-electron chi connectivity index (χ3n) is 8.46. The van der Waals surface area contributed by atoms with Gasteiger partial charge >= 0.3 is 24.1 Å². The smallest absolute Gasteiger partial charge is 0.410 e. The fourth-order valence-corrected chi connectivity index (χ4v) is 6.87. The molecule has 0 radical (unpaired) electrons. The number of esters is 2. The Morgan fingerprint density at radius 3 is 1.61 bits per heavy atom. The van der Waals surface area contributed by atoms with E-state index in [1.54, 1.807) is 36.0 Å². The number of likely N-dealkylation sites (tertiary alicyclic amines) is 2. The minimum atomic E-state index is -0.731. The second kappa shape index (κ2) is 23.6. The molecule has 14 nitrogen and oxygen atoms in total. The number of anilines is 2. The number of alkyl halides is 1. The zero-order valence-electron chi connectivity index (χ0n) is 33.6. The number of nitrogens with zero attached hydrogens (tertiary/aromatic N) is 4. The maximum Gasteiger partial charge on any atom is 0.410 e. The summed E-state index contributed by atoms with van der Waals surface area (Å²) in [5, 5.41) is 0.741. The van der Waals surface area contributed by atoms with Gasteiger partial charge in [0.05, 0.1) is 24.5 Å². The average molecular weight is 1050 g/mol. The van der Waals surface area contributed by atoms with Gasteiger partial charge in [0.1, 0.15) is 22.8 Å². The lowest BCUT2D eigenvalue weighted by molar-refractivity contribution is -0.158. The average Bonchev–Trinajstić information content (AvgIpc) is 3.10. The van der Waals surface area contributed by atoms with E-state index in [1.807, 2.05) is 53.7 Å². The van der Waals surface area contributed by atoms with Gasteiger partial charge < -0.3 is 40.2 Å². The van der Waals surface area contributed by atoms with Crippen LogP contribution >= 0.6 is 64.8 Å². The Balaban J connectivity index is 0.000000464. The number of carbonyl (C=O) groups excluding carboxylic acids is 4. The molecule has 0 spiro atoms. The van der Waals surface area contributed by atoms with E-state index in [2.05, 4.69) is 57.8 Å². The quantitative estimate of drug-likeness (QED) is 0.153. The molecule has 2 aromatic heterocycles. The molecule has 0 bridgehead atoms. The van der Waals surface area contributed by atoms with Gasteiger partial charge in [-0.3, -0.25) is 9.59 Å². The van der Waals surface area contributed by atoms with E-state index in [0.29, 0.717) is 83.1 Å². The summed E-state index contributed by atoms with van der Waals surface area (Å²) >= 11 is 10.00. The Hall–Kier alpha value is -2.70. The third kappa shape index (κ3) is 17.4. The normalized spacial score (nSPS) is 15.4. The second-order valence-corrected chi connectivity index (χ2v) is 17.6. The summed E-state index contributed by atoms with van der Waals surface area (Å²) in [5.41, 5.74) is 11.6. The largest absolute Gasteiger partial charge is 0.466 e. The van der Waals surface area contributed by atoms with Gasteiger partial charge in [0.2, 0.25) is 0 Å². The molecule has 0 atom stereocenters. The summed E-state index contributed by atoms with van der Waals surface area (Å²) in [6.07, 6.45) is 5.34. The number of hydrogen-bond donors (Lipinski definition) is 2. The molecule has 0 aromatic carbocycles. The second-order valence-electron chi connectivity index (χ2n) is 15.2. The number of pyridine rings is 2. The van der Waals surface area contributed by atoms with E-state index in [-0.39, 0.29) is 47.0 Å². The van der Waals surface area contributed by atoms with Crippen LogP contribution in [-0.4, -0.2) is 94.5 Å². The standard InChI is InChI=1S/C19H28BrN3O4.C13H23NO4.C6H6Br2N2.BrH/c1-5-26-16(24)19(11-13-10-14(20)12-22-15(13)21)6-8-23(9-7-19)17(25)27-18(2,3)4;1-5-17-11(15)10-6-8-14(9-7-10)12(16)18-13(2,3)4;7-2-4-1-5(8)3-10-6(4)9;/h10,12H,5-9,11H2,1-4H3,(H2,21,22);10H,5-9H2,1-4H3;1,3H,2H2,(H2,9,10);1H. The maximum atomic E-state index is 12.8. The first-order chi connectivity index (χ1) is 25.6. The van der Waals surface area contributed by atoms with Crippen molar-refractivity contribution in [3.8, 4) is 0 Å². The molecular weight excluding hydrogens is 988 g/mol. The van der Waals surface area contributed by atoms with Crippen molar-refractivity contribution in [1.82, 2.24) is 19.8 Å². The zero-order valence-corrected chi connectivity index (χ0v) is 40.1. The van der Waals surface area contributed by atoms with Crippen molar-refractivity contribution in [2.45, 2.75) is 104 Å². The highest BCUT2D eigenvalue weighted by atomic mass is 79.9. The van der Waals surface area contributed by atoms with Crippen LogP contribution in [0.1, 0.15) is 92.2 Å². The van der Waals surface area contributed by atoms with Crippen LogP contribution in [0.15, 0.2) is 33.5 Å². The van der Waals surface area contributed by atoms with Crippen LogP contribution in [0.25, 0.3) is 0 Å². The van der Waals surface area contributed by atoms with Crippen LogP contribution in [-0.2, 0) is 40.3 Å². The summed E-state index contributed by atoms with van der Waals surface area (Å²) in [6.45, 7) is 17.3. The number of halogens is 4. The van der Waals surface area contributed by atoms with Crippen molar-refractivity contribution < 1.29 is 38.1 Å². The van der Waals surface area contributed by atoms with Gasteiger partial charge in [-0.05, 0) is 137 Å². The molecule has 2 amide bonds. The number of ether oxygens (including phenoxy) is 4. The lowest BCUT2D eigenvalue weighted by Gasteiger charge is -2.40. The van der Waals surface area contributed by atoms with Crippen molar-refractivity contribution in [1.29, 1.82) is 0 Å². The van der Waals surface area contributed by atoms with E-state index in [1.165, 1.54) is 0 Å². The van der Waals surface area contributed by atoms with Crippen LogP contribution < -0.4 is 11.5 Å². The molecule has 2 aromatic rings. The van der Waals surface area contributed by atoms with Crippen molar-refractivity contribution in [2.75, 3.05) is 50.9 Å². The van der Waals surface area contributed by atoms with Crippen molar-refractivity contribution in [3.05, 3.63) is 44.6 Å². The van der Waals surface area contributed by atoms with Crippen molar-refractivity contribution in [3.63, 3.8) is 0 Å². The van der Waals surface area contributed by atoms with Gasteiger partial charge in [-0.2, -0.15) is 0 Å².